The Kier molecular flexibility index (Phi) is 6.94. The molecule has 0 aliphatic heterocycles. The number of hydrogen-bond acceptors (Lipinski definition) is 2. The highest BCUT2D eigenvalue weighted by atomic mass is 16.2. The number of aryl methyl sites for hydroxylation is 2. The van der Waals surface area contributed by atoms with E-state index < -0.39 is 5.92 Å². The van der Waals surface area contributed by atoms with Crippen molar-refractivity contribution in [3.05, 3.63) is 34.9 Å². The fraction of sp³-hybridized carbons (Fsp3) is 0.556. The molecule has 1 amide bonds. The smallest absolute Gasteiger partial charge is 0.240 e. The average molecular weight is 286 g/mol. The van der Waals surface area contributed by atoms with Crippen molar-refractivity contribution in [3.8, 4) is 6.07 Å². The van der Waals surface area contributed by atoms with Crippen LogP contribution in [0.15, 0.2) is 18.2 Å². The van der Waals surface area contributed by atoms with E-state index in [9.17, 15) is 10.1 Å². The second-order valence-electron chi connectivity index (χ2n) is 5.64. The van der Waals surface area contributed by atoms with E-state index >= 15 is 0 Å². The molecule has 0 N–H and O–H groups in total. The van der Waals surface area contributed by atoms with Crippen LogP contribution in [0.25, 0.3) is 0 Å². The first-order valence-electron chi connectivity index (χ1n) is 7.78. The molecule has 0 fully saturated rings. The minimum atomic E-state index is -0.580. The molecule has 0 saturated carbocycles. The molecule has 1 unspecified atom stereocenters. The van der Waals surface area contributed by atoms with Gasteiger partial charge in [-0.3, -0.25) is 4.79 Å². The summed E-state index contributed by atoms with van der Waals surface area (Å²) in [6.07, 6.45) is 2.35. The number of amides is 1. The lowest BCUT2D eigenvalue weighted by atomic mass is 9.94. The van der Waals surface area contributed by atoms with E-state index in [1.165, 1.54) is 5.56 Å². The second kappa shape index (κ2) is 8.46. The Labute approximate surface area is 128 Å². The van der Waals surface area contributed by atoms with Gasteiger partial charge in [-0.05, 0) is 44.2 Å². The Morgan fingerprint density at radius 2 is 1.86 bits per heavy atom. The van der Waals surface area contributed by atoms with Crippen LogP contribution >= 0.6 is 0 Å². The molecule has 0 heterocycles. The van der Waals surface area contributed by atoms with Gasteiger partial charge in [0.1, 0.15) is 5.92 Å². The van der Waals surface area contributed by atoms with Gasteiger partial charge in [0.2, 0.25) is 5.91 Å². The Balaban J connectivity index is 2.89. The van der Waals surface area contributed by atoms with E-state index in [0.717, 1.165) is 37.1 Å². The number of rotatable bonds is 7. The van der Waals surface area contributed by atoms with Crippen molar-refractivity contribution in [1.29, 1.82) is 5.26 Å². The lowest BCUT2D eigenvalue weighted by Gasteiger charge is -2.24. The van der Waals surface area contributed by atoms with E-state index in [0.29, 0.717) is 6.42 Å². The van der Waals surface area contributed by atoms with Crippen molar-refractivity contribution in [2.45, 2.75) is 47.0 Å². The minimum Gasteiger partial charge on any atom is -0.342 e. The van der Waals surface area contributed by atoms with E-state index in [1.807, 2.05) is 18.7 Å². The first kappa shape index (κ1) is 17.2. The number of benzene rings is 1. The lowest BCUT2D eigenvalue weighted by Crippen LogP contribution is -2.37. The van der Waals surface area contributed by atoms with Gasteiger partial charge in [0.05, 0.1) is 6.07 Å². The van der Waals surface area contributed by atoms with Crippen LogP contribution in [0, 0.1) is 31.1 Å². The zero-order valence-corrected chi connectivity index (χ0v) is 13.6. The van der Waals surface area contributed by atoms with Gasteiger partial charge in [-0.25, -0.2) is 0 Å². The van der Waals surface area contributed by atoms with Gasteiger partial charge in [0, 0.05) is 13.1 Å². The SMILES string of the molecule is CCCN(CCC)C(=O)C(C#N)Cc1cc(C)ccc1C. The van der Waals surface area contributed by atoms with Gasteiger partial charge in [-0.2, -0.15) is 5.26 Å². The van der Waals surface area contributed by atoms with E-state index in [1.54, 1.807) is 0 Å². The molecule has 3 nitrogen and oxygen atoms in total. The number of nitrogens with zero attached hydrogens (tertiary/aromatic N) is 2. The summed E-state index contributed by atoms with van der Waals surface area (Å²) in [5.41, 5.74) is 3.41. The molecule has 0 aliphatic carbocycles. The summed E-state index contributed by atoms with van der Waals surface area (Å²) >= 11 is 0. The summed E-state index contributed by atoms with van der Waals surface area (Å²) in [5.74, 6) is -0.606. The number of nitriles is 1. The molecule has 1 atom stereocenters. The maximum absolute atomic E-state index is 12.6. The Hall–Kier alpha value is -1.82. The fourth-order valence-corrected chi connectivity index (χ4v) is 2.52. The molecular formula is C18H26N2O. The van der Waals surface area contributed by atoms with Crippen LogP contribution in [0.2, 0.25) is 0 Å². The lowest BCUT2D eigenvalue weighted by molar-refractivity contribution is -0.133. The molecule has 0 aromatic heterocycles. The predicted molar refractivity (Wildman–Crippen MR) is 85.9 cm³/mol. The Morgan fingerprint density at radius 1 is 1.24 bits per heavy atom. The summed E-state index contributed by atoms with van der Waals surface area (Å²) in [7, 11) is 0. The molecule has 1 aromatic carbocycles. The number of hydrogen-bond donors (Lipinski definition) is 0. The van der Waals surface area contributed by atoms with Crippen molar-refractivity contribution in [3.63, 3.8) is 0 Å². The third-order valence-corrected chi connectivity index (χ3v) is 3.68. The van der Waals surface area contributed by atoms with E-state index in [2.05, 4.69) is 38.1 Å². The van der Waals surface area contributed by atoms with Crippen LogP contribution in [0.5, 0.6) is 0 Å². The van der Waals surface area contributed by atoms with Crippen LogP contribution in [-0.4, -0.2) is 23.9 Å². The van der Waals surface area contributed by atoms with Gasteiger partial charge in [0.25, 0.3) is 0 Å². The zero-order valence-electron chi connectivity index (χ0n) is 13.6. The molecule has 0 aliphatic rings. The van der Waals surface area contributed by atoms with Crippen LogP contribution in [0.1, 0.15) is 43.4 Å². The Morgan fingerprint density at radius 3 is 2.38 bits per heavy atom. The normalized spacial score (nSPS) is 11.8. The third kappa shape index (κ3) is 4.90. The largest absolute Gasteiger partial charge is 0.342 e. The van der Waals surface area contributed by atoms with Crippen LogP contribution in [-0.2, 0) is 11.2 Å². The fourth-order valence-electron chi connectivity index (χ4n) is 2.52. The molecule has 1 aromatic rings. The molecule has 0 radical (unpaired) electrons. The van der Waals surface area contributed by atoms with Crippen molar-refractivity contribution in [2.75, 3.05) is 13.1 Å². The summed E-state index contributed by atoms with van der Waals surface area (Å²) in [6, 6.07) is 8.40. The highest BCUT2D eigenvalue weighted by Gasteiger charge is 2.24. The Bertz CT molecular complexity index is 510. The molecule has 3 heteroatoms. The van der Waals surface area contributed by atoms with Crippen molar-refractivity contribution in [2.24, 2.45) is 5.92 Å². The predicted octanol–water partition coefficient (Wildman–Crippen LogP) is 3.63. The molecule has 1 rings (SSSR count). The summed E-state index contributed by atoms with van der Waals surface area (Å²) in [6.45, 7) is 9.65. The summed E-state index contributed by atoms with van der Waals surface area (Å²) in [5, 5.41) is 9.41. The van der Waals surface area contributed by atoms with Gasteiger partial charge >= 0.3 is 0 Å². The quantitative estimate of drug-likeness (QED) is 0.768. The third-order valence-electron chi connectivity index (χ3n) is 3.68. The number of carbonyl (C=O) groups excluding carboxylic acids is 1. The van der Waals surface area contributed by atoms with Crippen LogP contribution < -0.4 is 0 Å². The van der Waals surface area contributed by atoms with Crippen LogP contribution in [0.4, 0.5) is 0 Å². The average Bonchev–Trinajstić information content (AvgIpc) is 2.47. The number of carbonyl (C=O) groups is 1. The molecule has 0 spiro atoms. The van der Waals surface area contributed by atoms with Crippen LogP contribution in [0.3, 0.4) is 0 Å². The van der Waals surface area contributed by atoms with Crippen molar-refractivity contribution in [1.82, 2.24) is 4.90 Å². The van der Waals surface area contributed by atoms with Gasteiger partial charge in [0.15, 0.2) is 0 Å². The standard InChI is InChI=1S/C18H26N2O/c1-5-9-20(10-6-2)18(21)17(13-19)12-16-11-14(3)7-8-15(16)4/h7-8,11,17H,5-6,9-10,12H2,1-4H3. The van der Waals surface area contributed by atoms with E-state index in [-0.39, 0.29) is 5.91 Å². The molecule has 21 heavy (non-hydrogen) atoms. The van der Waals surface area contributed by atoms with Crippen molar-refractivity contribution >= 4 is 5.91 Å². The monoisotopic (exact) mass is 286 g/mol. The topological polar surface area (TPSA) is 44.1 Å². The first-order chi connectivity index (χ1) is 10.0. The van der Waals surface area contributed by atoms with Gasteiger partial charge < -0.3 is 4.90 Å². The molecule has 114 valence electrons. The minimum absolute atomic E-state index is 0.0258. The highest BCUT2D eigenvalue weighted by molar-refractivity contribution is 5.81. The maximum Gasteiger partial charge on any atom is 0.240 e. The highest BCUT2D eigenvalue weighted by Crippen LogP contribution is 2.17. The summed E-state index contributed by atoms with van der Waals surface area (Å²) in [4.78, 5) is 14.4. The zero-order chi connectivity index (χ0) is 15.8. The summed E-state index contributed by atoms with van der Waals surface area (Å²) < 4.78 is 0. The van der Waals surface area contributed by atoms with Crippen molar-refractivity contribution < 1.29 is 4.79 Å². The maximum atomic E-state index is 12.6. The van der Waals surface area contributed by atoms with Gasteiger partial charge in [-0.15, -0.1) is 0 Å². The first-order valence-corrected chi connectivity index (χ1v) is 7.78. The molecule has 0 bridgehead atoms. The second-order valence-corrected chi connectivity index (χ2v) is 5.64. The molecular weight excluding hydrogens is 260 g/mol. The van der Waals surface area contributed by atoms with E-state index in [4.69, 9.17) is 0 Å². The molecule has 0 saturated heterocycles. The van der Waals surface area contributed by atoms with Gasteiger partial charge in [-0.1, -0.05) is 37.6 Å².